The molecule has 3 N–H and O–H groups in total. The Morgan fingerprint density at radius 3 is 1.89 bits per heavy atom. The standard InChI is InChI=1S/C25H22N4O10S3.2Na/c1-14-3-9-19(10-4-14)40(32,33)29-21-13-20(41(34,35)36)11-16-12-22(42(37,38)39)24(25(31)23(16)21)28-27-18-7-5-17(6-8-18)26-15(2)30;;/h3-13,27,29H,1-2H3,(H,26,30)(H,34,35,36)(H,37,38,39);;/q;2*+1/p-2/b28-24-;;. The second kappa shape index (κ2) is 14.3. The van der Waals surface area contributed by atoms with Crippen LogP contribution in [0.1, 0.15) is 28.4 Å². The minimum absolute atomic E-state index is 0. The van der Waals surface area contributed by atoms with Crippen LogP contribution in [0.15, 0.2) is 80.5 Å². The summed E-state index contributed by atoms with van der Waals surface area (Å²) in [6, 6.07) is 12.5. The minimum atomic E-state index is -5.41. The molecule has 19 heteroatoms. The first-order valence-electron chi connectivity index (χ1n) is 11.6. The molecule has 14 nitrogen and oxygen atoms in total. The molecule has 0 saturated carbocycles. The number of sulfonamides is 1. The second-order valence-corrected chi connectivity index (χ2v) is 13.3. The number of hydrogen-bond donors (Lipinski definition) is 3. The fraction of sp³-hybridized carbons (Fsp3) is 0.0800. The molecule has 0 spiro atoms. The van der Waals surface area contributed by atoms with Crippen molar-refractivity contribution in [1.82, 2.24) is 0 Å². The number of hydrazone groups is 1. The molecule has 0 aromatic heterocycles. The van der Waals surface area contributed by atoms with Crippen LogP contribution in [0.4, 0.5) is 17.1 Å². The third-order valence-electron chi connectivity index (χ3n) is 5.74. The Hall–Kier alpha value is -2.42. The quantitative estimate of drug-likeness (QED) is 0.119. The van der Waals surface area contributed by atoms with Crippen molar-refractivity contribution in [1.29, 1.82) is 0 Å². The van der Waals surface area contributed by atoms with E-state index in [1.165, 1.54) is 55.5 Å². The van der Waals surface area contributed by atoms with E-state index in [4.69, 9.17) is 0 Å². The van der Waals surface area contributed by atoms with Gasteiger partial charge in [-0.05, 0) is 67.1 Å². The number of Topliss-reactive ketones (excluding diaryl/α,β-unsaturated/α-hetero) is 1. The molecule has 0 bridgehead atoms. The summed E-state index contributed by atoms with van der Waals surface area (Å²) in [5.74, 6) is -1.60. The molecule has 220 valence electrons. The first-order valence-corrected chi connectivity index (χ1v) is 15.9. The van der Waals surface area contributed by atoms with Crippen molar-refractivity contribution < 1.29 is 103 Å². The van der Waals surface area contributed by atoms with Crippen LogP contribution in [0.2, 0.25) is 0 Å². The average Bonchev–Trinajstić information content (AvgIpc) is 2.87. The van der Waals surface area contributed by atoms with Gasteiger partial charge in [-0.1, -0.05) is 17.7 Å². The number of hydrogen-bond acceptors (Lipinski definition) is 12. The van der Waals surface area contributed by atoms with Gasteiger partial charge in [0.15, 0.2) is 0 Å². The Morgan fingerprint density at radius 2 is 1.36 bits per heavy atom. The molecular weight excluding hydrogens is 658 g/mol. The number of rotatable bonds is 8. The van der Waals surface area contributed by atoms with Crippen molar-refractivity contribution in [2.24, 2.45) is 5.10 Å². The van der Waals surface area contributed by atoms with Crippen molar-refractivity contribution in [2.75, 3.05) is 15.5 Å². The first-order chi connectivity index (χ1) is 19.5. The maximum Gasteiger partial charge on any atom is 1.00 e. The largest absolute Gasteiger partial charge is 1.00 e. The topological polar surface area (TPSA) is 231 Å². The van der Waals surface area contributed by atoms with Crippen LogP contribution in [0.5, 0.6) is 0 Å². The number of aryl methyl sites for hydroxylation is 1. The van der Waals surface area contributed by atoms with Crippen LogP contribution in [0, 0.1) is 6.92 Å². The number of nitrogens with zero attached hydrogens (tertiary/aromatic N) is 1. The zero-order valence-electron chi connectivity index (χ0n) is 23.6. The first kappa shape index (κ1) is 37.8. The van der Waals surface area contributed by atoms with Gasteiger partial charge in [0.1, 0.15) is 25.9 Å². The minimum Gasteiger partial charge on any atom is -0.744 e. The molecule has 0 unspecified atom stereocenters. The number of nitrogens with one attached hydrogen (secondary N) is 3. The number of carbonyl (C=O) groups is 2. The van der Waals surface area contributed by atoms with Gasteiger partial charge in [-0.15, -0.1) is 0 Å². The van der Waals surface area contributed by atoms with Crippen LogP contribution >= 0.6 is 0 Å². The molecule has 3 aromatic rings. The number of allylic oxidation sites excluding steroid dienone is 1. The molecule has 0 radical (unpaired) electrons. The van der Waals surface area contributed by atoms with Gasteiger partial charge in [0.05, 0.1) is 31.6 Å². The van der Waals surface area contributed by atoms with Crippen molar-refractivity contribution in [3.05, 3.63) is 82.3 Å². The zero-order chi connectivity index (χ0) is 31.0. The number of ketones is 1. The Morgan fingerprint density at radius 1 is 0.795 bits per heavy atom. The molecule has 0 saturated heterocycles. The van der Waals surface area contributed by atoms with Crippen LogP contribution in [-0.4, -0.2) is 51.8 Å². The summed E-state index contributed by atoms with van der Waals surface area (Å²) in [6.45, 7) is 3.01. The van der Waals surface area contributed by atoms with E-state index >= 15 is 0 Å². The van der Waals surface area contributed by atoms with Crippen molar-refractivity contribution in [3.8, 4) is 0 Å². The molecule has 4 rings (SSSR count). The Labute approximate surface area is 297 Å². The summed E-state index contributed by atoms with van der Waals surface area (Å²) in [5.41, 5.74) is 1.08. The third kappa shape index (κ3) is 8.85. The molecule has 1 amide bonds. The van der Waals surface area contributed by atoms with Crippen LogP contribution in [0.3, 0.4) is 0 Å². The number of fused-ring (bicyclic) bond motifs is 1. The normalized spacial score (nSPS) is 14.0. The Balaban J connectivity index is 0.00000337. The number of amides is 1. The smallest absolute Gasteiger partial charge is 0.744 e. The fourth-order valence-electron chi connectivity index (χ4n) is 3.84. The summed E-state index contributed by atoms with van der Waals surface area (Å²) in [6.07, 6.45) is 0.623. The number of carbonyl (C=O) groups excluding carboxylic acids is 2. The molecule has 3 aromatic carbocycles. The van der Waals surface area contributed by atoms with E-state index in [2.05, 4.69) is 20.6 Å². The van der Waals surface area contributed by atoms with E-state index in [0.717, 1.165) is 5.56 Å². The van der Waals surface area contributed by atoms with E-state index in [-0.39, 0.29) is 75.6 Å². The van der Waals surface area contributed by atoms with E-state index in [1.807, 2.05) is 0 Å². The van der Waals surface area contributed by atoms with E-state index in [9.17, 15) is 43.9 Å². The van der Waals surface area contributed by atoms with Gasteiger partial charge in [-0.3, -0.25) is 19.7 Å². The average molecular weight is 679 g/mol. The summed E-state index contributed by atoms with van der Waals surface area (Å²) < 4.78 is 100. The van der Waals surface area contributed by atoms with Gasteiger partial charge < -0.3 is 14.4 Å². The molecule has 0 atom stereocenters. The molecule has 1 aliphatic rings. The zero-order valence-corrected chi connectivity index (χ0v) is 30.1. The Bertz CT molecular complexity index is 2010. The molecular formula is C25H20N4Na2O10S3. The van der Waals surface area contributed by atoms with Crippen molar-refractivity contribution >= 4 is 70.8 Å². The van der Waals surface area contributed by atoms with Gasteiger partial charge in [0, 0.05) is 12.6 Å². The van der Waals surface area contributed by atoms with Gasteiger partial charge in [0.25, 0.3) is 10.0 Å². The van der Waals surface area contributed by atoms with Crippen molar-refractivity contribution in [2.45, 2.75) is 23.6 Å². The van der Waals surface area contributed by atoms with Crippen LogP contribution < -0.4 is 74.6 Å². The van der Waals surface area contributed by atoms with E-state index in [0.29, 0.717) is 23.9 Å². The SMILES string of the molecule is CC(=O)Nc1ccc(N/N=C2\C(=O)c3c(cc(S(=O)(=O)[O-])cc3NS(=O)(=O)c3ccc(C)cc3)C=C2S(=O)(=O)[O-])cc1.[Na+].[Na+]. The second-order valence-electron chi connectivity index (χ2n) is 8.93. The van der Waals surface area contributed by atoms with Crippen molar-refractivity contribution in [3.63, 3.8) is 0 Å². The van der Waals surface area contributed by atoms with Crippen LogP contribution in [-0.2, 0) is 35.1 Å². The van der Waals surface area contributed by atoms with Gasteiger partial charge in [-0.25, -0.2) is 25.3 Å². The molecule has 0 aliphatic heterocycles. The molecule has 0 heterocycles. The monoisotopic (exact) mass is 678 g/mol. The molecule has 44 heavy (non-hydrogen) atoms. The van der Waals surface area contributed by atoms with Crippen LogP contribution in [0.25, 0.3) is 6.08 Å². The predicted octanol–water partition coefficient (Wildman–Crippen LogP) is -3.78. The van der Waals surface area contributed by atoms with E-state index < -0.39 is 68.4 Å². The summed E-state index contributed by atoms with van der Waals surface area (Å²) in [4.78, 5) is 22.4. The molecule has 0 fully saturated rings. The predicted molar refractivity (Wildman–Crippen MR) is 150 cm³/mol. The fourth-order valence-corrected chi connectivity index (χ4v) is 6.08. The third-order valence-corrected chi connectivity index (χ3v) is 8.78. The van der Waals surface area contributed by atoms with E-state index in [1.54, 1.807) is 6.92 Å². The summed E-state index contributed by atoms with van der Waals surface area (Å²) in [5, 5.41) is 6.30. The Kier molecular flexibility index (Phi) is 12.3. The van der Waals surface area contributed by atoms with Gasteiger partial charge in [-0.2, -0.15) is 5.10 Å². The van der Waals surface area contributed by atoms with Gasteiger partial charge >= 0.3 is 59.1 Å². The summed E-state index contributed by atoms with van der Waals surface area (Å²) in [7, 11) is -15.1. The maximum absolute atomic E-state index is 13.6. The van der Waals surface area contributed by atoms with Gasteiger partial charge in [0.2, 0.25) is 11.7 Å². The number of anilines is 3. The number of benzene rings is 3. The maximum atomic E-state index is 13.6. The summed E-state index contributed by atoms with van der Waals surface area (Å²) >= 11 is 0. The molecule has 1 aliphatic carbocycles.